The zero-order valence-corrected chi connectivity index (χ0v) is 9.30. The Morgan fingerprint density at radius 1 is 0.647 bits per heavy atom. The van der Waals surface area contributed by atoms with Gasteiger partial charge in [0.05, 0.1) is 0 Å². The van der Waals surface area contributed by atoms with Crippen LogP contribution in [-0.2, 0) is 0 Å². The summed E-state index contributed by atoms with van der Waals surface area (Å²) in [4.78, 5) is 0. The van der Waals surface area contributed by atoms with E-state index in [2.05, 4.69) is 6.08 Å². The minimum absolute atomic E-state index is 0.317. The van der Waals surface area contributed by atoms with E-state index >= 15 is 0 Å². The van der Waals surface area contributed by atoms with E-state index in [9.17, 15) is 5.11 Å². The Morgan fingerprint density at radius 2 is 1.24 bits per heavy atom. The van der Waals surface area contributed by atoms with Crippen LogP contribution in [0.25, 0.3) is 24.0 Å². The van der Waals surface area contributed by atoms with Gasteiger partial charge in [-0.05, 0) is 22.8 Å². The van der Waals surface area contributed by atoms with Crippen LogP contribution in [0.5, 0.6) is 0 Å². The molecule has 0 aliphatic heterocycles. The molecule has 1 nitrogen and oxygen atoms in total. The van der Waals surface area contributed by atoms with Crippen molar-refractivity contribution in [2.24, 2.45) is 0 Å². The third-order valence-electron chi connectivity index (χ3n) is 2.97. The molecule has 0 fully saturated rings. The summed E-state index contributed by atoms with van der Waals surface area (Å²) in [5.41, 5.74) is 4.07. The van der Waals surface area contributed by atoms with Gasteiger partial charge in [-0.1, -0.05) is 60.7 Å². The van der Waals surface area contributed by atoms with E-state index < -0.39 is 0 Å². The number of aliphatic hydroxyl groups excluding tert-OH is 1. The highest BCUT2D eigenvalue weighted by atomic mass is 16.3. The van der Waals surface area contributed by atoms with Crippen molar-refractivity contribution in [1.82, 2.24) is 0 Å². The lowest BCUT2D eigenvalue weighted by atomic mass is 9.97. The number of benzene rings is 2. The maximum atomic E-state index is 10.1. The van der Waals surface area contributed by atoms with Gasteiger partial charge in [0.2, 0.25) is 0 Å². The van der Waals surface area contributed by atoms with Crippen LogP contribution in [0.1, 0.15) is 22.3 Å². The average Bonchev–Trinajstić information content (AvgIpc) is 2.36. The third-order valence-corrected chi connectivity index (χ3v) is 2.97. The highest BCUT2D eigenvalue weighted by Gasteiger charge is 2.07. The van der Waals surface area contributed by atoms with E-state index in [4.69, 9.17) is 0 Å². The standard InChI is InChI=1S/C16H12O/c17-16-11-14-7-2-1-5-12(14)9-10-13-6-3-4-8-15(13)16/h1-11,17H/b10-9-,12-9?,13-10?,14-11?,16-11+,16-15?. The van der Waals surface area contributed by atoms with E-state index in [1.165, 1.54) is 0 Å². The first kappa shape index (κ1) is 9.91. The number of aliphatic hydroxyl groups is 1. The van der Waals surface area contributed by atoms with Crippen LogP contribution < -0.4 is 0 Å². The van der Waals surface area contributed by atoms with Crippen molar-refractivity contribution in [2.75, 3.05) is 0 Å². The summed E-state index contributed by atoms with van der Waals surface area (Å²) in [6.07, 6.45) is 5.94. The topological polar surface area (TPSA) is 20.2 Å². The number of hydrogen-bond donors (Lipinski definition) is 1. The van der Waals surface area contributed by atoms with Crippen molar-refractivity contribution in [3.8, 4) is 0 Å². The van der Waals surface area contributed by atoms with Crippen LogP contribution in [0.3, 0.4) is 0 Å². The summed E-state index contributed by atoms with van der Waals surface area (Å²) in [5.74, 6) is 0.317. The molecule has 2 aromatic carbocycles. The quantitative estimate of drug-likeness (QED) is 0.704. The Balaban J connectivity index is 2.25. The average molecular weight is 220 g/mol. The molecule has 3 rings (SSSR count). The second kappa shape index (κ2) is 3.95. The summed E-state index contributed by atoms with van der Waals surface area (Å²) in [6, 6.07) is 15.9. The number of hydrogen-bond acceptors (Lipinski definition) is 1. The molecule has 0 radical (unpaired) electrons. The van der Waals surface area contributed by atoms with E-state index in [1.807, 2.05) is 60.7 Å². The lowest BCUT2D eigenvalue weighted by Gasteiger charge is -2.10. The molecule has 2 aromatic rings. The van der Waals surface area contributed by atoms with Gasteiger partial charge >= 0.3 is 0 Å². The molecular formula is C16H12O. The van der Waals surface area contributed by atoms with Crippen molar-refractivity contribution in [3.63, 3.8) is 0 Å². The Bertz CT molecular complexity index is 621. The second-order valence-electron chi connectivity index (χ2n) is 4.08. The predicted molar refractivity (Wildman–Crippen MR) is 72.3 cm³/mol. The van der Waals surface area contributed by atoms with Gasteiger partial charge in [0.15, 0.2) is 0 Å². The maximum Gasteiger partial charge on any atom is 0.124 e. The first-order valence-corrected chi connectivity index (χ1v) is 5.62. The lowest BCUT2D eigenvalue weighted by molar-refractivity contribution is 0.515. The Hall–Kier alpha value is -2.28. The SMILES string of the molecule is O/C1=C/c2ccccc2/C=C\c2ccccc21. The zero-order chi connectivity index (χ0) is 11.7. The van der Waals surface area contributed by atoms with E-state index in [0.29, 0.717) is 5.76 Å². The minimum atomic E-state index is 0.317. The van der Waals surface area contributed by atoms with Gasteiger partial charge < -0.3 is 5.11 Å². The predicted octanol–water partition coefficient (Wildman–Crippen LogP) is 4.23. The Morgan fingerprint density at radius 3 is 2.06 bits per heavy atom. The van der Waals surface area contributed by atoms with Crippen LogP contribution >= 0.6 is 0 Å². The molecule has 1 N–H and O–H groups in total. The van der Waals surface area contributed by atoms with Gasteiger partial charge in [0, 0.05) is 5.56 Å². The molecule has 1 heteroatoms. The van der Waals surface area contributed by atoms with Crippen molar-refractivity contribution < 1.29 is 5.11 Å². The fourth-order valence-electron chi connectivity index (χ4n) is 2.07. The van der Waals surface area contributed by atoms with Crippen molar-refractivity contribution in [1.29, 1.82) is 0 Å². The monoisotopic (exact) mass is 220 g/mol. The third kappa shape index (κ3) is 1.76. The minimum Gasteiger partial charge on any atom is -0.507 e. The van der Waals surface area contributed by atoms with Gasteiger partial charge in [-0.2, -0.15) is 0 Å². The summed E-state index contributed by atoms with van der Waals surface area (Å²) in [7, 11) is 0. The molecule has 0 atom stereocenters. The molecular weight excluding hydrogens is 208 g/mol. The molecule has 0 bridgehead atoms. The van der Waals surface area contributed by atoms with Crippen LogP contribution in [0.4, 0.5) is 0 Å². The first-order chi connectivity index (χ1) is 8.34. The normalized spacial score (nSPS) is 18.0. The molecule has 17 heavy (non-hydrogen) atoms. The van der Waals surface area contributed by atoms with E-state index in [1.54, 1.807) is 0 Å². The fourth-order valence-corrected chi connectivity index (χ4v) is 2.07. The molecule has 82 valence electrons. The number of fused-ring (bicyclic) bond motifs is 2. The molecule has 0 saturated carbocycles. The fraction of sp³-hybridized carbons (Fsp3) is 0. The molecule has 0 saturated heterocycles. The summed E-state index contributed by atoms with van der Waals surface area (Å²) in [5, 5.41) is 10.1. The highest BCUT2D eigenvalue weighted by Crippen LogP contribution is 2.26. The van der Waals surface area contributed by atoms with Crippen molar-refractivity contribution in [2.45, 2.75) is 0 Å². The molecule has 0 spiro atoms. The molecule has 0 unspecified atom stereocenters. The summed E-state index contributed by atoms with van der Waals surface area (Å²) >= 11 is 0. The molecule has 1 aliphatic carbocycles. The van der Waals surface area contributed by atoms with Crippen LogP contribution in [0.2, 0.25) is 0 Å². The summed E-state index contributed by atoms with van der Waals surface area (Å²) < 4.78 is 0. The lowest BCUT2D eigenvalue weighted by Crippen LogP contribution is -1.91. The van der Waals surface area contributed by atoms with Crippen molar-refractivity contribution in [3.05, 3.63) is 70.8 Å². The highest BCUT2D eigenvalue weighted by molar-refractivity contribution is 5.89. The van der Waals surface area contributed by atoms with E-state index in [-0.39, 0.29) is 0 Å². The van der Waals surface area contributed by atoms with Crippen LogP contribution in [0.15, 0.2) is 48.5 Å². The Kier molecular flexibility index (Phi) is 2.30. The van der Waals surface area contributed by atoms with Gasteiger partial charge in [-0.25, -0.2) is 0 Å². The van der Waals surface area contributed by atoms with Crippen LogP contribution in [0, 0.1) is 0 Å². The van der Waals surface area contributed by atoms with Crippen LogP contribution in [-0.4, -0.2) is 5.11 Å². The second-order valence-corrected chi connectivity index (χ2v) is 4.08. The molecule has 0 amide bonds. The maximum absolute atomic E-state index is 10.1. The Labute approximate surface area is 100 Å². The molecule has 0 heterocycles. The largest absolute Gasteiger partial charge is 0.507 e. The smallest absolute Gasteiger partial charge is 0.124 e. The van der Waals surface area contributed by atoms with Crippen molar-refractivity contribution >= 4 is 24.0 Å². The zero-order valence-electron chi connectivity index (χ0n) is 9.30. The van der Waals surface area contributed by atoms with E-state index in [0.717, 1.165) is 22.3 Å². The number of rotatable bonds is 0. The van der Waals surface area contributed by atoms with Gasteiger partial charge in [-0.15, -0.1) is 0 Å². The summed E-state index contributed by atoms with van der Waals surface area (Å²) in [6.45, 7) is 0. The first-order valence-electron chi connectivity index (χ1n) is 5.62. The molecule has 0 aromatic heterocycles. The molecule has 1 aliphatic rings. The van der Waals surface area contributed by atoms with Gasteiger partial charge in [-0.3, -0.25) is 0 Å². The van der Waals surface area contributed by atoms with Gasteiger partial charge in [0.25, 0.3) is 0 Å². The van der Waals surface area contributed by atoms with Gasteiger partial charge in [0.1, 0.15) is 5.76 Å².